The highest BCUT2D eigenvalue weighted by Crippen LogP contribution is 2.18. The molecule has 0 fully saturated rings. The predicted octanol–water partition coefficient (Wildman–Crippen LogP) is 3.02. The number of carbonyl (C=O) groups is 1. The fraction of sp³-hybridized carbons (Fsp3) is 0.333. The fourth-order valence-corrected chi connectivity index (χ4v) is 2.20. The molecule has 0 aliphatic heterocycles. The van der Waals surface area contributed by atoms with Gasteiger partial charge in [0, 0.05) is 11.0 Å². The van der Waals surface area contributed by atoms with Crippen LogP contribution in [-0.2, 0) is 6.54 Å². The number of nitrogens with two attached hydrogens (primary N) is 1. The lowest BCUT2D eigenvalue weighted by molar-refractivity contribution is 0.0946. The Morgan fingerprint density at radius 1 is 1.48 bits per heavy atom. The molecule has 2 aromatic rings. The number of nitrogens with zero attached hydrogens (tertiary/aromatic N) is 1. The third-order valence-electron chi connectivity index (χ3n) is 3.10. The van der Waals surface area contributed by atoms with Crippen LogP contribution in [0.15, 0.2) is 39.4 Å². The number of halogens is 1. The summed E-state index contributed by atoms with van der Waals surface area (Å²) in [5.74, 6) is 0.305. The standard InChI is InChI=1S/C15H18BrN3O2/c1-9(2)13(17)15-19-12(8-21-15)14(20)18-7-10-4-3-5-11(16)6-10/h3-6,8-9,13H,7,17H2,1-2H3,(H,18,20). The van der Waals surface area contributed by atoms with Crippen LogP contribution in [0.1, 0.15) is 41.8 Å². The molecular formula is C15H18BrN3O2. The second-order valence-corrected chi connectivity index (χ2v) is 6.07. The van der Waals surface area contributed by atoms with Crippen LogP contribution in [0.5, 0.6) is 0 Å². The van der Waals surface area contributed by atoms with E-state index in [1.165, 1.54) is 6.26 Å². The highest BCUT2D eigenvalue weighted by molar-refractivity contribution is 9.10. The Labute approximate surface area is 132 Å². The number of aromatic nitrogens is 1. The van der Waals surface area contributed by atoms with Crippen LogP contribution < -0.4 is 11.1 Å². The van der Waals surface area contributed by atoms with E-state index >= 15 is 0 Å². The van der Waals surface area contributed by atoms with E-state index in [4.69, 9.17) is 10.2 Å². The van der Waals surface area contributed by atoms with Gasteiger partial charge in [0.25, 0.3) is 5.91 Å². The van der Waals surface area contributed by atoms with Gasteiger partial charge < -0.3 is 15.5 Å². The Morgan fingerprint density at radius 3 is 2.90 bits per heavy atom. The van der Waals surface area contributed by atoms with Crippen molar-refractivity contribution in [3.8, 4) is 0 Å². The third-order valence-corrected chi connectivity index (χ3v) is 3.59. The van der Waals surface area contributed by atoms with Gasteiger partial charge in [-0.05, 0) is 23.6 Å². The van der Waals surface area contributed by atoms with Crippen LogP contribution in [0.2, 0.25) is 0 Å². The predicted molar refractivity (Wildman–Crippen MR) is 83.6 cm³/mol. The van der Waals surface area contributed by atoms with Crippen molar-refractivity contribution in [2.45, 2.75) is 26.4 Å². The van der Waals surface area contributed by atoms with Gasteiger partial charge in [0.1, 0.15) is 6.26 Å². The highest BCUT2D eigenvalue weighted by atomic mass is 79.9. The first-order valence-electron chi connectivity index (χ1n) is 6.71. The third kappa shape index (κ3) is 4.15. The average Bonchev–Trinajstić information content (AvgIpc) is 2.93. The summed E-state index contributed by atoms with van der Waals surface area (Å²) in [6.45, 7) is 4.38. The molecule has 0 aliphatic rings. The van der Waals surface area contributed by atoms with Gasteiger partial charge in [0.2, 0.25) is 5.89 Å². The second kappa shape index (κ2) is 6.87. The summed E-state index contributed by atoms with van der Waals surface area (Å²) >= 11 is 3.39. The van der Waals surface area contributed by atoms with Crippen molar-refractivity contribution in [1.82, 2.24) is 10.3 Å². The molecule has 1 heterocycles. The molecule has 0 aliphatic carbocycles. The lowest BCUT2D eigenvalue weighted by atomic mass is 10.1. The summed E-state index contributed by atoms with van der Waals surface area (Å²) in [6.07, 6.45) is 1.34. The number of benzene rings is 1. The highest BCUT2D eigenvalue weighted by Gasteiger charge is 2.19. The maximum absolute atomic E-state index is 12.0. The first kappa shape index (κ1) is 15.7. The van der Waals surface area contributed by atoms with Gasteiger partial charge in [-0.1, -0.05) is 41.9 Å². The minimum absolute atomic E-state index is 0.196. The Morgan fingerprint density at radius 2 is 2.24 bits per heavy atom. The Balaban J connectivity index is 1.98. The zero-order valence-electron chi connectivity index (χ0n) is 12.0. The summed E-state index contributed by atoms with van der Waals surface area (Å²) in [4.78, 5) is 16.2. The molecule has 1 aromatic heterocycles. The molecule has 0 radical (unpaired) electrons. The summed E-state index contributed by atoms with van der Waals surface area (Å²) in [6, 6.07) is 7.43. The largest absolute Gasteiger partial charge is 0.446 e. The first-order chi connectivity index (χ1) is 9.97. The average molecular weight is 352 g/mol. The minimum Gasteiger partial charge on any atom is -0.446 e. The van der Waals surface area contributed by atoms with Gasteiger partial charge in [-0.25, -0.2) is 4.98 Å². The van der Waals surface area contributed by atoms with Crippen molar-refractivity contribution < 1.29 is 9.21 Å². The Bertz CT molecular complexity index is 625. The van der Waals surface area contributed by atoms with E-state index < -0.39 is 0 Å². The van der Waals surface area contributed by atoms with Gasteiger partial charge in [0.15, 0.2) is 5.69 Å². The lowest BCUT2D eigenvalue weighted by Crippen LogP contribution is -2.23. The van der Waals surface area contributed by atoms with Crippen molar-refractivity contribution in [2.24, 2.45) is 11.7 Å². The SMILES string of the molecule is CC(C)C(N)c1nc(C(=O)NCc2cccc(Br)c2)co1. The topological polar surface area (TPSA) is 81.1 Å². The van der Waals surface area contributed by atoms with Gasteiger partial charge in [0.05, 0.1) is 6.04 Å². The fourth-order valence-electron chi connectivity index (χ4n) is 1.75. The van der Waals surface area contributed by atoms with Crippen molar-refractivity contribution in [3.63, 3.8) is 0 Å². The van der Waals surface area contributed by atoms with Crippen molar-refractivity contribution in [1.29, 1.82) is 0 Å². The van der Waals surface area contributed by atoms with Crippen LogP contribution in [0, 0.1) is 5.92 Å². The number of amides is 1. The molecule has 2 rings (SSSR count). The van der Waals surface area contributed by atoms with E-state index in [9.17, 15) is 4.79 Å². The number of oxazole rings is 1. The molecule has 5 nitrogen and oxygen atoms in total. The van der Waals surface area contributed by atoms with Gasteiger partial charge in [-0.2, -0.15) is 0 Å². The van der Waals surface area contributed by atoms with E-state index in [1.807, 2.05) is 38.1 Å². The van der Waals surface area contributed by atoms with E-state index in [-0.39, 0.29) is 23.6 Å². The number of rotatable bonds is 5. The summed E-state index contributed by atoms with van der Waals surface area (Å²) < 4.78 is 6.25. The molecule has 0 spiro atoms. The summed E-state index contributed by atoms with van der Waals surface area (Å²) in [5, 5.41) is 2.80. The molecule has 1 atom stereocenters. The molecule has 21 heavy (non-hydrogen) atoms. The Hall–Kier alpha value is -1.66. The molecule has 0 saturated heterocycles. The molecule has 3 N–H and O–H groups in total. The quantitative estimate of drug-likeness (QED) is 0.867. The van der Waals surface area contributed by atoms with Crippen LogP contribution >= 0.6 is 15.9 Å². The smallest absolute Gasteiger partial charge is 0.273 e. The van der Waals surface area contributed by atoms with E-state index in [0.29, 0.717) is 12.4 Å². The molecular weight excluding hydrogens is 334 g/mol. The number of hydrogen-bond donors (Lipinski definition) is 2. The normalized spacial score (nSPS) is 12.4. The van der Waals surface area contributed by atoms with Crippen molar-refractivity contribution in [2.75, 3.05) is 0 Å². The number of carbonyl (C=O) groups excluding carboxylic acids is 1. The molecule has 1 unspecified atom stereocenters. The van der Waals surface area contributed by atoms with E-state index in [0.717, 1.165) is 10.0 Å². The van der Waals surface area contributed by atoms with Crippen LogP contribution in [0.25, 0.3) is 0 Å². The van der Waals surface area contributed by atoms with Crippen molar-refractivity contribution >= 4 is 21.8 Å². The van der Waals surface area contributed by atoms with E-state index in [2.05, 4.69) is 26.2 Å². The van der Waals surface area contributed by atoms with Gasteiger partial charge >= 0.3 is 0 Å². The molecule has 1 aromatic carbocycles. The maximum Gasteiger partial charge on any atom is 0.273 e. The summed E-state index contributed by atoms with van der Waals surface area (Å²) in [5.41, 5.74) is 7.19. The molecule has 0 saturated carbocycles. The van der Waals surface area contributed by atoms with Crippen LogP contribution in [0.4, 0.5) is 0 Å². The lowest BCUT2D eigenvalue weighted by Gasteiger charge is -2.10. The van der Waals surface area contributed by atoms with Crippen molar-refractivity contribution in [3.05, 3.63) is 52.1 Å². The Kier molecular flexibility index (Phi) is 5.14. The van der Waals surface area contributed by atoms with Gasteiger partial charge in [-0.15, -0.1) is 0 Å². The monoisotopic (exact) mass is 351 g/mol. The zero-order valence-corrected chi connectivity index (χ0v) is 13.6. The van der Waals surface area contributed by atoms with Crippen LogP contribution in [-0.4, -0.2) is 10.9 Å². The number of hydrogen-bond acceptors (Lipinski definition) is 4. The molecule has 0 bridgehead atoms. The molecule has 6 heteroatoms. The first-order valence-corrected chi connectivity index (χ1v) is 7.50. The molecule has 1 amide bonds. The minimum atomic E-state index is -0.309. The van der Waals surface area contributed by atoms with Gasteiger partial charge in [-0.3, -0.25) is 4.79 Å². The van der Waals surface area contributed by atoms with E-state index in [1.54, 1.807) is 0 Å². The number of nitrogens with one attached hydrogen (secondary N) is 1. The van der Waals surface area contributed by atoms with Crippen LogP contribution in [0.3, 0.4) is 0 Å². The maximum atomic E-state index is 12.0. The zero-order chi connectivity index (χ0) is 15.4. The second-order valence-electron chi connectivity index (χ2n) is 5.15. The summed E-state index contributed by atoms with van der Waals surface area (Å²) in [7, 11) is 0. The molecule has 112 valence electrons.